The van der Waals surface area contributed by atoms with E-state index in [-0.39, 0.29) is 10.6 Å². The standard InChI is InChI=1S/C27H29FO8S/c1-31-22-10-9-20(15-21(22)28)37(29,30)16-19-14-24(33-3)23(32-2)13-18(19)8-7-17-11-25(34-4)27(36-6)26(12-17)35-5/h7-15H,16H2,1-6H3/b8-7-. The van der Waals surface area contributed by atoms with E-state index in [0.29, 0.717) is 39.9 Å². The summed E-state index contributed by atoms with van der Waals surface area (Å²) in [6, 6.07) is 10.3. The van der Waals surface area contributed by atoms with E-state index in [2.05, 4.69) is 0 Å². The maximum absolute atomic E-state index is 14.2. The summed E-state index contributed by atoms with van der Waals surface area (Å²) in [5.41, 5.74) is 1.71. The van der Waals surface area contributed by atoms with Crippen LogP contribution >= 0.6 is 0 Å². The van der Waals surface area contributed by atoms with Gasteiger partial charge in [-0.25, -0.2) is 12.8 Å². The van der Waals surface area contributed by atoms with Gasteiger partial charge in [0.1, 0.15) is 0 Å². The topological polar surface area (TPSA) is 89.5 Å². The molecule has 10 heteroatoms. The van der Waals surface area contributed by atoms with Crippen LogP contribution in [0.4, 0.5) is 4.39 Å². The highest BCUT2D eigenvalue weighted by atomic mass is 32.2. The van der Waals surface area contributed by atoms with Gasteiger partial charge in [0.05, 0.1) is 53.3 Å². The van der Waals surface area contributed by atoms with E-state index < -0.39 is 21.4 Å². The lowest BCUT2D eigenvalue weighted by Gasteiger charge is -2.15. The highest BCUT2D eigenvalue weighted by Crippen LogP contribution is 2.39. The number of hydrogen-bond acceptors (Lipinski definition) is 8. The van der Waals surface area contributed by atoms with Gasteiger partial charge in [0.25, 0.3) is 0 Å². The summed E-state index contributed by atoms with van der Waals surface area (Å²) in [4.78, 5) is -0.167. The zero-order chi connectivity index (χ0) is 27.2. The van der Waals surface area contributed by atoms with Crippen LogP contribution in [-0.4, -0.2) is 51.1 Å². The van der Waals surface area contributed by atoms with Gasteiger partial charge in [0.2, 0.25) is 5.75 Å². The Hall–Kier alpha value is -3.92. The van der Waals surface area contributed by atoms with Crippen LogP contribution in [0.25, 0.3) is 12.2 Å². The van der Waals surface area contributed by atoms with Crippen molar-refractivity contribution >= 4 is 22.0 Å². The Balaban J connectivity index is 2.08. The summed E-state index contributed by atoms with van der Waals surface area (Å²) in [5, 5.41) is 0. The number of benzene rings is 3. The molecule has 0 fully saturated rings. The van der Waals surface area contributed by atoms with Crippen LogP contribution in [0.5, 0.6) is 34.5 Å². The van der Waals surface area contributed by atoms with E-state index in [1.165, 1.54) is 54.8 Å². The number of rotatable bonds is 11. The maximum atomic E-state index is 14.2. The first-order valence-electron chi connectivity index (χ1n) is 11.0. The number of ether oxygens (including phenoxy) is 6. The fourth-order valence-electron chi connectivity index (χ4n) is 3.73. The first-order valence-corrected chi connectivity index (χ1v) is 12.7. The molecule has 8 nitrogen and oxygen atoms in total. The number of hydrogen-bond donors (Lipinski definition) is 0. The molecule has 0 saturated heterocycles. The highest BCUT2D eigenvalue weighted by molar-refractivity contribution is 7.90. The lowest BCUT2D eigenvalue weighted by molar-refractivity contribution is 0.324. The molecule has 198 valence electrons. The second kappa shape index (κ2) is 11.9. The molecule has 0 atom stereocenters. The number of halogens is 1. The number of methoxy groups -OCH3 is 6. The number of sulfone groups is 1. The van der Waals surface area contributed by atoms with Crippen LogP contribution in [-0.2, 0) is 15.6 Å². The van der Waals surface area contributed by atoms with Crippen molar-refractivity contribution in [2.75, 3.05) is 42.7 Å². The fourth-order valence-corrected chi connectivity index (χ4v) is 5.11. The van der Waals surface area contributed by atoms with Crippen molar-refractivity contribution in [3.8, 4) is 34.5 Å². The third kappa shape index (κ3) is 6.08. The van der Waals surface area contributed by atoms with E-state index in [9.17, 15) is 12.8 Å². The first kappa shape index (κ1) is 27.7. The van der Waals surface area contributed by atoms with Gasteiger partial charge in [-0.05, 0) is 59.2 Å². The fraction of sp³-hybridized carbons (Fsp3) is 0.259. The van der Waals surface area contributed by atoms with E-state index >= 15 is 0 Å². The summed E-state index contributed by atoms with van der Waals surface area (Å²) in [5.74, 6) is 0.955. The van der Waals surface area contributed by atoms with Gasteiger partial charge >= 0.3 is 0 Å². The Kier molecular flexibility index (Phi) is 8.88. The van der Waals surface area contributed by atoms with Crippen molar-refractivity contribution in [1.82, 2.24) is 0 Å². The zero-order valence-electron chi connectivity index (χ0n) is 21.5. The lowest BCUT2D eigenvalue weighted by Crippen LogP contribution is -2.08. The summed E-state index contributed by atoms with van der Waals surface area (Å²) < 4.78 is 72.6. The van der Waals surface area contributed by atoms with Crippen LogP contribution < -0.4 is 28.4 Å². The Morgan fingerprint density at radius 2 is 1.24 bits per heavy atom. The van der Waals surface area contributed by atoms with Gasteiger partial charge in [-0.3, -0.25) is 0 Å². The molecule has 3 rings (SSSR count). The van der Waals surface area contributed by atoms with Crippen molar-refractivity contribution in [3.05, 3.63) is 65.0 Å². The normalized spacial score (nSPS) is 11.3. The van der Waals surface area contributed by atoms with Gasteiger partial charge in [-0.15, -0.1) is 0 Å². The molecule has 0 unspecified atom stereocenters. The second-order valence-corrected chi connectivity index (χ2v) is 9.74. The summed E-state index contributed by atoms with van der Waals surface area (Å²) in [6.45, 7) is 0. The van der Waals surface area contributed by atoms with Gasteiger partial charge < -0.3 is 28.4 Å². The van der Waals surface area contributed by atoms with Crippen molar-refractivity contribution in [3.63, 3.8) is 0 Å². The van der Waals surface area contributed by atoms with Crippen molar-refractivity contribution in [2.24, 2.45) is 0 Å². The summed E-state index contributed by atoms with van der Waals surface area (Å²) in [6.07, 6.45) is 3.51. The maximum Gasteiger partial charge on any atom is 0.203 e. The zero-order valence-corrected chi connectivity index (χ0v) is 22.3. The first-order chi connectivity index (χ1) is 17.7. The SMILES string of the molecule is COc1ccc(S(=O)(=O)Cc2cc(OC)c(OC)cc2/C=C\c2cc(OC)c(OC)c(OC)c2)cc1F. The minimum atomic E-state index is -3.92. The third-order valence-corrected chi connectivity index (χ3v) is 7.28. The Labute approximate surface area is 216 Å². The van der Waals surface area contributed by atoms with Crippen LogP contribution in [0.1, 0.15) is 16.7 Å². The van der Waals surface area contributed by atoms with E-state index in [4.69, 9.17) is 28.4 Å². The average Bonchev–Trinajstić information content (AvgIpc) is 2.90. The smallest absolute Gasteiger partial charge is 0.203 e. The molecular weight excluding hydrogens is 503 g/mol. The molecule has 0 heterocycles. The van der Waals surface area contributed by atoms with E-state index in [1.807, 2.05) is 0 Å². The van der Waals surface area contributed by atoms with Crippen LogP contribution in [0.15, 0.2) is 47.4 Å². The molecule has 0 N–H and O–H groups in total. The van der Waals surface area contributed by atoms with Gasteiger partial charge in [0, 0.05) is 0 Å². The predicted octanol–water partition coefficient (Wildman–Crippen LogP) is 5.02. The van der Waals surface area contributed by atoms with Crippen LogP contribution in [0.3, 0.4) is 0 Å². The average molecular weight is 533 g/mol. The largest absolute Gasteiger partial charge is 0.494 e. The minimum Gasteiger partial charge on any atom is -0.494 e. The molecule has 0 amide bonds. The quantitative estimate of drug-likeness (QED) is 0.318. The highest BCUT2D eigenvalue weighted by Gasteiger charge is 2.21. The van der Waals surface area contributed by atoms with Crippen molar-refractivity contribution in [1.29, 1.82) is 0 Å². The lowest BCUT2D eigenvalue weighted by atomic mass is 10.1. The van der Waals surface area contributed by atoms with E-state index in [0.717, 1.165) is 11.6 Å². The Bertz CT molecular complexity index is 1370. The third-order valence-electron chi connectivity index (χ3n) is 5.62. The Morgan fingerprint density at radius 3 is 1.76 bits per heavy atom. The molecule has 0 aliphatic heterocycles. The summed E-state index contributed by atoms with van der Waals surface area (Å²) in [7, 11) is 4.88. The van der Waals surface area contributed by atoms with E-state index in [1.54, 1.807) is 36.4 Å². The summed E-state index contributed by atoms with van der Waals surface area (Å²) >= 11 is 0. The molecular formula is C27H29FO8S. The molecule has 37 heavy (non-hydrogen) atoms. The molecule has 0 radical (unpaired) electrons. The molecule has 3 aromatic rings. The van der Waals surface area contributed by atoms with Gasteiger partial charge in [-0.1, -0.05) is 12.2 Å². The molecule has 0 aliphatic rings. The van der Waals surface area contributed by atoms with Gasteiger partial charge in [-0.2, -0.15) is 0 Å². The Morgan fingerprint density at radius 1 is 0.676 bits per heavy atom. The van der Waals surface area contributed by atoms with Gasteiger partial charge in [0.15, 0.2) is 44.4 Å². The van der Waals surface area contributed by atoms with Crippen LogP contribution in [0, 0.1) is 5.82 Å². The van der Waals surface area contributed by atoms with Crippen LogP contribution in [0.2, 0.25) is 0 Å². The molecule has 0 spiro atoms. The molecule has 0 aliphatic carbocycles. The van der Waals surface area contributed by atoms with Crippen molar-refractivity contribution in [2.45, 2.75) is 10.6 Å². The molecule has 0 saturated carbocycles. The second-order valence-electron chi connectivity index (χ2n) is 7.75. The van der Waals surface area contributed by atoms with Crippen molar-refractivity contribution < 1.29 is 41.2 Å². The predicted molar refractivity (Wildman–Crippen MR) is 138 cm³/mol. The minimum absolute atomic E-state index is 0.0426. The monoisotopic (exact) mass is 532 g/mol. The molecule has 0 aromatic heterocycles. The molecule has 0 bridgehead atoms. The molecule has 3 aromatic carbocycles.